The van der Waals surface area contributed by atoms with Crippen LogP contribution in [-0.4, -0.2) is 47.4 Å². The minimum absolute atomic E-state index is 0.000604. The Hall–Kier alpha value is -3.15. The highest BCUT2D eigenvalue weighted by Crippen LogP contribution is 2.32. The zero-order valence-corrected chi connectivity index (χ0v) is 13.7. The van der Waals surface area contributed by atoms with Gasteiger partial charge in [-0.3, -0.25) is 29.4 Å². The molecule has 1 N–H and O–H groups in total. The van der Waals surface area contributed by atoms with Gasteiger partial charge in [0.05, 0.1) is 17.2 Å². The van der Waals surface area contributed by atoms with E-state index in [9.17, 15) is 19.2 Å². The summed E-state index contributed by atoms with van der Waals surface area (Å²) in [6.07, 6.45) is 1.42. The van der Waals surface area contributed by atoms with E-state index in [1.807, 2.05) is 0 Å². The van der Waals surface area contributed by atoms with Gasteiger partial charge in [-0.25, -0.2) is 5.26 Å². The van der Waals surface area contributed by atoms with E-state index in [-0.39, 0.29) is 36.8 Å². The molecule has 0 aromatic heterocycles. The molecule has 3 heterocycles. The summed E-state index contributed by atoms with van der Waals surface area (Å²) in [7, 11) is 0. The largest absolute Gasteiger partial charge is 0.492 e. The number of nitrogens with zero attached hydrogens (tertiary/aromatic N) is 2. The van der Waals surface area contributed by atoms with Gasteiger partial charge in [0.2, 0.25) is 11.8 Å². The highest BCUT2D eigenvalue weighted by molar-refractivity contribution is 6.70. The Labute approximate surface area is 149 Å². The molecule has 1 aromatic rings. The van der Waals surface area contributed by atoms with E-state index in [1.165, 1.54) is 12.1 Å². The number of amides is 4. The third kappa shape index (κ3) is 2.54. The molecule has 4 amide bonds. The number of carbonyl (C=O) groups excluding carboxylic acids is 4. The number of nitrogens with one attached hydrogen (secondary N) is 1. The fourth-order valence-corrected chi connectivity index (χ4v) is 3.48. The van der Waals surface area contributed by atoms with Crippen LogP contribution in [0, 0.1) is 11.2 Å². The maximum atomic E-state index is 12.7. The lowest BCUT2D eigenvalue weighted by molar-refractivity contribution is -0.136. The van der Waals surface area contributed by atoms with Crippen LogP contribution in [0.2, 0.25) is 12.6 Å². The maximum Gasteiger partial charge on any atom is 0.275 e. The number of nitriles is 1. The molecule has 2 fully saturated rings. The molecule has 1 aromatic carbocycles. The second-order valence-corrected chi connectivity index (χ2v) is 6.69. The summed E-state index contributed by atoms with van der Waals surface area (Å²) in [6.45, 7) is 0.000604. The lowest BCUT2D eigenvalue weighted by Gasteiger charge is -2.28. The normalized spacial score (nSPS) is 22.7. The summed E-state index contributed by atoms with van der Waals surface area (Å²) in [5, 5.41) is 11.0. The van der Waals surface area contributed by atoms with Crippen molar-refractivity contribution in [1.82, 2.24) is 10.2 Å². The van der Waals surface area contributed by atoms with Crippen LogP contribution in [0.15, 0.2) is 18.2 Å². The molecule has 1 unspecified atom stereocenters. The number of rotatable bonds is 3. The third-order valence-electron chi connectivity index (χ3n) is 4.99. The Morgan fingerprint density at radius 2 is 1.88 bits per heavy atom. The summed E-state index contributed by atoms with van der Waals surface area (Å²) >= 11 is 0. The van der Waals surface area contributed by atoms with Crippen LogP contribution in [0.5, 0.6) is 5.75 Å². The fraction of sp³-hybridized carbons (Fsp3) is 0.353. The average Bonchev–Trinajstić information content (AvgIpc) is 2.82. The van der Waals surface area contributed by atoms with E-state index in [0.29, 0.717) is 18.4 Å². The molecule has 1 atom stereocenters. The van der Waals surface area contributed by atoms with Crippen LogP contribution < -0.4 is 10.1 Å². The van der Waals surface area contributed by atoms with Gasteiger partial charge in [0.15, 0.2) is 0 Å². The monoisotopic (exact) mass is 351 g/mol. The van der Waals surface area contributed by atoms with Crippen molar-refractivity contribution in [2.45, 2.75) is 37.6 Å². The summed E-state index contributed by atoms with van der Waals surface area (Å²) in [5.74, 6) is 0.482. The first-order valence-corrected chi connectivity index (χ1v) is 8.40. The van der Waals surface area contributed by atoms with Crippen LogP contribution >= 0.6 is 0 Å². The second kappa shape index (κ2) is 5.98. The number of benzene rings is 1. The molecule has 0 saturated carbocycles. The minimum Gasteiger partial charge on any atom is -0.492 e. The fourth-order valence-electron chi connectivity index (χ4n) is 3.48. The van der Waals surface area contributed by atoms with Gasteiger partial charge in [-0.1, -0.05) is 0 Å². The molecule has 3 aliphatic heterocycles. The van der Waals surface area contributed by atoms with Crippen molar-refractivity contribution in [3.05, 3.63) is 29.3 Å². The number of hydrogen-bond donors (Lipinski definition) is 1. The van der Waals surface area contributed by atoms with E-state index < -0.39 is 29.7 Å². The zero-order chi connectivity index (χ0) is 18.4. The van der Waals surface area contributed by atoms with Gasteiger partial charge in [0, 0.05) is 12.4 Å². The molecule has 0 aliphatic carbocycles. The Kier molecular flexibility index (Phi) is 3.76. The van der Waals surface area contributed by atoms with E-state index in [1.54, 1.807) is 6.07 Å². The smallest absolute Gasteiger partial charge is 0.275 e. The van der Waals surface area contributed by atoms with E-state index in [4.69, 9.17) is 10.00 Å². The minimum atomic E-state index is -0.979. The van der Waals surface area contributed by atoms with Gasteiger partial charge in [0.1, 0.15) is 11.8 Å². The standard InChI is InChI=1S/C17H14BN3O5/c19-8-18-6-10(7-18)26-9-1-2-11-12(5-9)17(25)21(16(11)24)13-3-4-14(22)20-15(13)23/h1-2,5,10,13H,3-4,6-7H2,(H,20,22,23). The lowest BCUT2D eigenvalue weighted by atomic mass is 9.35. The van der Waals surface area contributed by atoms with Gasteiger partial charge < -0.3 is 4.74 Å². The van der Waals surface area contributed by atoms with E-state index >= 15 is 0 Å². The first-order valence-electron chi connectivity index (χ1n) is 8.40. The topological polar surface area (TPSA) is 117 Å². The van der Waals surface area contributed by atoms with Gasteiger partial charge >= 0.3 is 0 Å². The van der Waals surface area contributed by atoms with Crippen molar-refractivity contribution >= 4 is 30.3 Å². The SMILES string of the molecule is N#CB1CC(Oc2ccc3c(c2)C(=O)N(C2CCC(=O)NC2=O)C3=O)C1. The Morgan fingerprint density at radius 3 is 2.58 bits per heavy atom. The second-order valence-electron chi connectivity index (χ2n) is 6.69. The van der Waals surface area contributed by atoms with Crippen molar-refractivity contribution in [3.8, 4) is 11.7 Å². The van der Waals surface area contributed by atoms with Gasteiger partial charge in [-0.2, -0.15) is 0 Å². The quantitative estimate of drug-likeness (QED) is 0.623. The Balaban J connectivity index is 1.54. The maximum absolute atomic E-state index is 12.7. The lowest BCUT2D eigenvalue weighted by Crippen LogP contribution is -2.54. The number of imide groups is 2. The molecule has 3 aliphatic rings. The summed E-state index contributed by atoms with van der Waals surface area (Å²) in [4.78, 5) is 49.5. The molecule has 26 heavy (non-hydrogen) atoms. The van der Waals surface area contributed by atoms with E-state index in [0.717, 1.165) is 4.90 Å². The summed E-state index contributed by atoms with van der Waals surface area (Å²) in [6, 6.07) is 3.64. The highest BCUT2D eigenvalue weighted by Gasteiger charge is 2.45. The molecule has 9 heteroatoms. The van der Waals surface area contributed by atoms with Gasteiger partial charge in [-0.05, 0) is 37.3 Å². The van der Waals surface area contributed by atoms with Crippen molar-refractivity contribution < 1.29 is 23.9 Å². The molecular weight excluding hydrogens is 337 g/mol. The van der Waals surface area contributed by atoms with Crippen molar-refractivity contribution in [1.29, 1.82) is 5.26 Å². The Morgan fingerprint density at radius 1 is 1.15 bits per heavy atom. The Bertz CT molecular complexity index is 887. The molecule has 0 bridgehead atoms. The molecule has 2 saturated heterocycles. The van der Waals surface area contributed by atoms with Crippen molar-refractivity contribution in [2.75, 3.05) is 0 Å². The molecule has 4 rings (SSSR count). The molecule has 0 spiro atoms. The van der Waals surface area contributed by atoms with Crippen molar-refractivity contribution in [2.24, 2.45) is 0 Å². The third-order valence-corrected chi connectivity index (χ3v) is 4.99. The summed E-state index contributed by atoms with van der Waals surface area (Å²) in [5.41, 5.74) is 0.406. The summed E-state index contributed by atoms with van der Waals surface area (Å²) < 4.78 is 5.75. The van der Waals surface area contributed by atoms with Crippen LogP contribution in [0.4, 0.5) is 0 Å². The average molecular weight is 351 g/mol. The first-order chi connectivity index (χ1) is 12.5. The van der Waals surface area contributed by atoms with E-state index in [2.05, 4.69) is 11.3 Å². The number of hydrogen-bond acceptors (Lipinski definition) is 6. The molecule has 0 radical (unpaired) electrons. The predicted molar refractivity (Wildman–Crippen MR) is 88.5 cm³/mol. The zero-order valence-electron chi connectivity index (χ0n) is 13.7. The molecule has 130 valence electrons. The van der Waals surface area contributed by atoms with Crippen LogP contribution in [0.1, 0.15) is 33.6 Å². The van der Waals surface area contributed by atoms with Crippen LogP contribution in [-0.2, 0) is 9.59 Å². The number of carbonyl (C=O) groups is 4. The molecular formula is C17H14BN3O5. The van der Waals surface area contributed by atoms with Crippen LogP contribution in [0.3, 0.4) is 0 Å². The number of fused-ring (bicyclic) bond motifs is 1. The predicted octanol–water partition coefficient (Wildman–Crippen LogP) is 0.406. The number of piperidine rings is 1. The highest BCUT2D eigenvalue weighted by atomic mass is 16.5. The molecule has 8 nitrogen and oxygen atoms in total. The van der Waals surface area contributed by atoms with Crippen LogP contribution in [0.25, 0.3) is 0 Å². The first kappa shape index (κ1) is 16.3. The van der Waals surface area contributed by atoms with Crippen molar-refractivity contribution in [3.63, 3.8) is 0 Å². The number of ether oxygens (including phenoxy) is 1. The van der Waals surface area contributed by atoms with Gasteiger partial charge in [0.25, 0.3) is 18.5 Å². The van der Waals surface area contributed by atoms with Gasteiger partial charge in [-0.15, -0.1) is 0 Å².